The molecule has 1 N–H and O–H groups in total. The predicted molar refractivity (Wildman–Crippen MR) is 401 cm³/mol. The first-order chi connectivity index (χ1) is 51.4. The van der Waals surface area contributed by atoms with Crippen molar-refractivity contribution in [3.63, 3.8) is 0 Å². The smallest absolute Gasteiger partial charge is 0.652 e. The summed E-state index contributed by atoms with van der Waals surface area (Å²) in [5.41, 5.74) is 8.37. The van der Waals surface area contributed by atoms with E-state index in [0.717, 1.165) is 96.0 Å². The summed E-state index contributed by atoms with van der Waals surface area (Å²) >= 11 is 6.47. The number of rotatable bonds is 18. The number of likely N-dealkylation sites (tertiary alicyclic amines) is 2. The molecule has 4 saturated heterocycles. The number of aromatic nitrogens is 4. The fraction of sp³-hybridized carbons (Fsp3) is 0.444. The van der Waals surface area contributed by atoms with Gasteiger partial charge >= 0.3 is 156 Å². The second-order valence-corrected chi connectivity index (χ2v) is 28.7. The molecule has 8 aliphatic rings. The molecule has 2 unspecified atom stereocenters. The fourth-order valence-electron chi connectivity index (χ4n) is 15.5. The number of hydrogen-bond donors (Lipinski definition) is 1. The van der Waals surface area contributed by atoms with Crippen LogP contribution < -0.4 is 172 Å². The summed E-state index contributed by atoms with van der Waals surface area (Å²) in [6.45, 7) is 27.7. The zero-order valence-corrected chi connectivity index (χ0v) is 74.7. The zero-order valence-electron chi connectivity index (χ0n) is 61.4. The van der Waals surface area contributed by atoms with Gasteiger partial charge in [0.15, 0.2) is 0 Å². The maximum atomic E-state index is 13.3. The molecule has 23 nitrogen and oxygen atoms in total. The van der Waals surface area contributed by atoms with E-state index in [0.29, 0.717) is 83.7 Å². The third kappa shape index (κ3) is 22.0. The van der Waals surface area contributed by atoms with Crippen LogP contribution in [0, 0.1) is 25.0 Å². The average Bonchev–Trinajstić information content (AvgIpc) is 1.67. The number of benzene rings is 6. The van der Waals surface area contributed by atoms with E-state index in [1.807, 2.05) is 60.7 Å². The molecule has 26 heteroatoms. The number of nitrogens with zero attached hydrogens (tertiary/aromatic N) is 14. The van der Waals surface area contributed by atoms with E-state index in [1.165, 1.54) is 97.5 Å². The summed E-state index contributed by atoms with van der Waals surface area (Å²) in [6, 6.07) is 49.8. The molecule has 6 aromatic carbocycles. The zero-order chi connectivity index (χ0) is 72.6. The minimum atomic E-state index is -2.33. The molecule has 0 bridgehead atoms. The maximum Gasteiger partial charge on any atom is 1.00 e. The molecule has 2 aliphatic carbocycles. The van der Waals surface area contributed by atoms with E-state index < -0.39 is 12.2 Å². The quantitative estimate of drug-likeness (QED) is 0.0937. The first-order valence-corrected chi connectivity index (χ1v) is 37.4. The van der Waals surface area contributed by atoms with Gasteiger partial charge < -0.3 is 63.6 Å². The van der Waals surface area contributed by atoms with Gasteiger partial charge in [0, 0.05) is 111 Å². The summed E-state index contributed by atoms with van der Waals surface area (Å²) < 4.78 is 17.8. The van der Waals surface area contributed by atoms with Crippen molar-refractivity contribution < 1.29 is 182 Å². The Balaban J connectivity index is 0.000000178. The van der Waals surface area contributed by atoms with Crippen LogP contribution in [0.25, 0.3) is 31.2 Å². The molecule has 4 atom stereocenters. The maximum absolute atomic E-state index is 13.3. The van der Waals surface area contributed by atoms with Crippen molar-refractivity contribution in [3.05, 3.63) is 207 Å². The molecular formula is C81H91ClCs2N14O9. The van der Waals surface area contributed by atoms with Gasteiger partial charge in [0.25, 0.3) is 0 Å². The number of anilines is 4. The largest absolute Gasteiger partial charge is 1.00 e. The SMILES string of the molecule is O=C([O-])[O-].OC[C@@H]1CCCN1CC1CC1.[C-]#[N+]CC1CN(c2nc(Cl)nc3c2CCN(c2cccc4ccccc24)C3)CCN1C(=O)OCc1ccccc1.[C-]#[N+]CC1CN(c2nc(OC[C@@H]3CCCN3CC3CC3)nc3c2CCN(c2cccc4ccccc24)C3)CCN1C(=O)OCc1ccccc1.[Cs+].[Cs+]. The average molecular weight is 1710 g/mol. The van der Waals surface area contributed by atoms with Crippen LogP contribution in [0.4, 0.5) is 37.4 Å². The summed E-state index contributed by atoms with van der Waals surface area (Å²) in [5, 5.41) is 30.8. The fourth-order valence-corrected chi connectivity index (χ4v) is 15.7. The van der Waals surface area contributed by atoms with Gasteiger partial charge in [-0.1, -0.05) is 133 Å². The van der Waals surface area contributed by atoms with Crippen LogP contribution >= 0.6 is 11.6 Å². The third-order valence-electron chi connectivity index (χ3n) is 21.3. The Morgan fingerprint density at radius 3 is 1.42 bits per heavy atom. The van der Waals surface area contributed by atoms with E-state index >= 15 is 0 Å². The molecule has 107 heavy (non-hydrogen) atoms. The van der Waals surface area contributed by atoms with E-state index in [4.69, 9.17) is 69.0 Å². The molecule has 548 valence electrons. The summed E-state index contributed by atoms with van der Waals surface area (Å²) in [6.07, 6.45) is 8.85. The normalized spacial score (nSPS) is 19.7. The Hall–Kier alpha value is -5.94. The molecule has 8 aromatic rings. The minimum absolute atomic E-state index is 0. The number of amides is 2. The van der Waals surface area contributed by atoms with Crippen molar-refractivity contribution in [2.24, 2.45) is 11.8 Å². The summed E-state index contributed by atoms with van der Waals surface area (Å²) in [7, 11) is 0. The molecule has 6 fully saturated rings. The van der Waals surface area contributed by atoms with E-state index in [1.54, 1.807) is 9.80 Å². The van der Waals surface area contributed by atoms with Crippen molar-refractivity contribution in [1.29, 1.82) is 0 Å². The van der Waals surface area contributed by atoms with Crippen LogP contribution in [0.15, 0.2) is 146 Å². The first-order valence-electron chi connectivity index (χ1n) is 37.0. The topological polar surface area (TPSA) is 231 Å². The molecule has 2 amide bonds. The number of carbonyl (C=O) groups excluding carboxylic acids is 3. The van der Waals surface area contributed by atoms with Crippen LogP contribution in [0.5, 0.6) is 6.01 Å². The van der Waals surface area contributed by atoms with Gasteiger partial charge in [0.2, 0.25) is 18.4 Å². The van der Waals surface area contributed by atoms with Gasteiger partial charge in [-0.2, -0.15) is 9.97 Å². The minimum Gasteiger partial charge on any atom is -0.652 e. The Labute approximate surface area is 749 Å². The number of aliphatic hydroxyl groups excluding tert-OH is 1. The van der Waals surface area contributed by atoms with E-state index in [9.17, 15) is 9.59 Å². The van der Waals surface area contributed by atoms with Crippen molar-refractivity contribution in [2.75, 3.05) is 124 Å². The van der Waals surface area contributed by atoms with Crippen molar-refractivity contribution >= 4 is 74.5 Å². The second kappa shape index (κ2) is 40.3. The van der Waals surface area contributed by atoms with Crippen molar-refractivity contribution in [2.45, 2.75) is 115 Å². The molecule has 2 saturated carbocycles. The number of hydrogen-bond acceptors (Lipinski definition) is 19. The van der Waals surface area contributed by atoms with Gasteiger partial charge in [-0.3, -0.25) is 19.6 Å². The van der Waals surface area contributed by atoms with Crippen LogP contribution in [0.2, 0.25) is 5.28 Å². The van der Waals surface area contributed by atoms with Crippen LogP contribution in [0.3, 0.4) is 0 Å². The summed E-state index contributed by atoms with van der Waals surface area (Å²) in [5.74, 6) is 3.50. The third-order valence-corrected chi connectivity index (χ3v) is 21.5. The Morgan fingerprint density at radius 1 is 0.505 bits per heavy atom. The number of aliphatic hydroxyl groups is 1. The molecule has 8 heterocycles. The van der Waals surface area contributed by atoms with Gasteiger partial charge in [0.1, 0.15) is 43.5 Å². The number of carboxylic acid groups (broad SMARTS) is 2. The van der Waals surface area contributed by atoms with E-state index in [-0.39, 0.29) is 188 Å². The number of halogens is 1. The number of piperazine rings is 2. The summed E-state index contributed by atoms with van der Waals surface area (Å²) in [4.78, 5) is 79.0. The second-order valence-electron chi connectivity index (χ2n) is 28.4. The molecule has 2 aromatic heterocycles. The van der Waals surface area contributed by atoms with E-state index in [2.05, 4.69) is 134 Å². The standard InChI is InChI=1S/C40H45N7O3.C31H29ClN6O2.C9H17NO.CH2O3.2Cs/c1-41-23-33-25-46(21-22-47(33)40(48)50-27-30-9-3-2-4-10-30)38-35-18-20-45(37-15-7-12-31-11-5-6-14-34(31)37)26-36(35)42-39(43-38)49-28-32-13-8-19-44(32)24-29-16-17-29;1-33-18-24-19-37(16-17-38(24)31(39)40-21-22-8-3-2-4-9-22)29-26-14-15-36(20-27(26)34-30(32)35-29)28-13-7-11-23-10-5-6-12-25(23)28;11-7-9-2-1-5-10(9)6-8-3-4-8;2-1(3)4;;/h2-7,9-12,14-15,29,32-33H,8,13,16-28H2;2-13,24H,14-21H2;8-9,11H,1-7H2;(H2,2,3,4);;/q;;;;2*+1/p-2/t32-,33?;;9-;;;/m0.0.../s1. The first kappa shape index (κ1) is 82.0. The van der Waals surface area contributed by atoms with Gasteiger partial charge in [-0.25, -0.2) is 32.7 Å². The number of carbonyl (C=O) groups is 3. The van der Waals surface area contributed by atoms with Crippen molar-refractivity contribution in [3.8, 4) is 6.01 Å². The monoisotopic (exact) mass is 1700 g/mol. The van der Waals surface area contributed by atoms with Crippen molar-refractivity contribution in [1.82, 2.24) is 39.5 Å². The predicted octanol–water partition coefficient (Wildman–Crippen LogP) is 4.20. The van der Waals surface area contributed by atoms with Crippen LogP contribution in [-0.2, 0) is 48.6 Å². The Kier molecular flexibility index (Phi) is 30.9. The number of fused-ring (bicyclic) bond motifs is 4. The molecular weight excluding hydrogens is 1610 g/mol. The number of ether oxygens (including phenoxy) is 3. The van der Waals surface area contributed by atoms with Crippen LogP contribution in [0.1, 0.15) is 85.0 Å². The Bertz CT molecular complexity index is 4370. The molecule has 0 spiro atoms. The molecule has 16 rings (SSSR count). The van der Waals surface area contributed by atoms with Gasteiger partial charge in [-0.05, 0) is 141 Å². The van der Waals surface area contributed by atoms with Crippen LogP contribution in [-0.4, -0.2) is 192 Å². The Morgan fingerprint density at radius 2 is 0.944 bits per heavy atom. The van der Waals surface area contributed by atoms with Gasteiger partial charge in [0.05, 0.1) is 31.1 Å². The molecule has 0 radical (unpaired) electrons. The molecule has 6 aliphatic heterocycles. The van der Waals surface area contributed by atoms with Gasteiger partial charge in [-0.15, -0.1) is 0 Å².